The lowest BCUT2D eigenvalue weighted by Gasteiger charge is -2.37. The van der Waals surface area contributed by atoms with Crippen LogP contribution in [-0.4, -0.2) is 55.1 Å². The Balaban J connectivity index is 1.49. The number of fused-ring (bicyclic) bond motifs is 1. The molecule has 0 saturated carbocycles. The van der Waals surface area contributed by atoms with E-state index >= 15 is 0 Å². The van der Waals surface area contributed by atoms with Crippen LogP contribution in [0.25, 0.3) is 10.9 Å². The molecule has 2 fully saturated rings. The number of aromatic nitrogens is 1. The Bertz CT molecular complexity index is 752. The molecule has 0 radical (unpaired) electrons. The molecule has 0 bridgehead atoms. The Kier molecular flexibility index (Phi) is 4.06. The van der Waals surface area contributed by atoms with E-state index in [0.717, 1.165) is 56.8 Å². The molecule has 2 saturated heterocycles. The molecule has 0 unspecified atom stereocenters. The number of anilines is 1. The lowest BCUT2D eigenvalue weighted by atomic mass is 10.1. The van der Waals surface area contributed by atoms with Crippen molar-refractivity contribution in [2.75, 3.05) is 44.2 Å². The second kappa shape index (κ2) is 6.36. The van der Waals surface area contributed by atoms with Gasteiger partial charge in [0.1, 0.15) is 5.82 Å². The zero-order valence-electron chi connectivity index (χ0n) is 13.5. The number of nitrogens with one attached hydrogen (secondary N) is 1. The van der Waals surface area contributed by atoms with Crippen molar-refractivity contribution in [2.45, 2.75) is 6.42 Å². The van der Waals surface area contributed by atoms with Crippen molar-refractivity contribution in [3.63, 3.8) is 0 Å². The number of halogens is 1. The molecule has 5 nitrogen and oxygen atoms in total. The Morgan fingerprint density at radius 2 is 2.04 bits per heavy atom. The second-order valence-electron chi connectivity index (χ2n) is 6.49. The van der Waals surface area contributed by atoms with E-state index in [1.807, 2.05) is 11.0 Å². The van der Waals surface area contributed by atoms with Crippen LogP contribution in [-0.2, 0) is 4.79 Å². The minimum Gasteiger partial charge on any atom is -0.367 e. The first-order valence-corrected chi connectivity index (χ1v) is 8.51. The fourth-order valence-corrected chi connectivity index (χ4v) is 3.67. The van der Waals surface area contributed by atoms with Crippen LogP contribution in [0.2, 0.25) is 0 Å². The van der Waals surface area contributed by atoms with Gasteiger partial charge in [0, 0.05) is 56.1 Å². The highest BCUT2D eigenvalue weighted by molar-refractivity contribution is 5.91. The minimum absolute atomic E-state index is 0.140. The number of rotatable bonds is 2. The van der Waals surface area contributed by atoms with Gasteiger partial charge in [-0.3, -0.25) is 9.78 Å². The fraction of sp³-hybridized carbons (Fsp3) is 0.444. The summed E-state index contributed by atoms with van der Waals surface area (Å²) in [5.74, 6) is 0.148. The van der Waals surface area contributed by atoms with Crippen molar-refractivity contribution in [3.8, 4) is 0 Å². The van der Waals surface area contributed by atoms with Gasteiger partial charge in [0.05, 0.1) is 11.4 Å². The lowest BCUT2D eigenvalue weighted by molar-refractivity contribution is -0.135. The Morgan fingerprint density at radius 1 is 1.21 bits per heavy atom. The highest BCUT2D eigenvalue weighted by Gasteiger charge is 2.29. The third-order valence-corrected chi connectivity index (χ3v) is 5.02. The molecule has 0 aliphatic carbocycles. The van der Waals surface area contributed by atoms with Gasteiger partial charge < -0.3 is 15.1 Å². The van der Waals surface area contributed by atoms with E-state index in [4.69, 9.17) is 0 Å². The van der Waals surface area contributed by atoms with Gasteiger partial charge in [-0.2, -0.15) is 0 Å². The van der Waals surface area contributed by atoms with Gasteiger partial charge in [0.2, 0.25) is 5.91 Å². The second-order valence-corrected chi connectivity index (χ2v) is 6.49. The number of amides is 1. The molecule has 1 aromatic carbocycles. The smallest absolute Gasteiger partial charge is 0.227 e. The molecule has 1 atom stereocenters. The van der Waals surface area contributed by atoms with E-state index in [1.165, 1.54) is 12.1 Å². The Morgan fingerprint density at radius 3 is 2.79 bits per heavy atom. The number of hydrogen-bond donors (Lipinski definition) is 1. The summed E-state index contributed by atoms with van der Waals surface area (Å²) >= 11 is 0. The molecule has 6 heteroatoms. The number of benzene rings is 1. The Hall–Kier alpha value is -2.21. The van der Waals surface area contributed by atoms with Gasteiger partial charge in [-0.1, -0.05) is 0 Å². The average molecular weight is 328 g/mol. The first-order chi connectivity index (χ1) is 11.7. The summed E-state index contributed by atoms with van der Waals surface area (Å²) in [6, 6.07) is 6.69. The third-order valence-electron chi connectivity index (χ3n) is 5.02. The minimum atomic E-state index is -0.271. The topological polar surface area (TPSA) is 48.5 Å². The standard InChI is InChI=1S/C18H21FN4O/c19-14-1-2-15-16(11-14)21-6-4-17(15)22-7-9-23(10-8-22)18(24)13-3-5-20-12-13/h1-2,4,6,11,13,20H,3,5,7-10,12H2/t13-/m1/s1. The zero-order chi connectivity index (χ0) is 16.5. The largest absolute Gasteiger partial charge is 0.367 e. The van der Waals surface area contributed by atoms with Crippen LogP contribution in [0.1, 0.15) is 6.42 Å². The number of nitrogens with zero attached hydrogens (tertiary/aromatic N) is 3. The van der Waals surface area contributed by atoms with Gasteiger partial charge in [-0.05, 0) is 31.2 Å². The van der Waals surface area contributed by atoms with Crippen LogP contribution in [0, 0.1) is 11.7 Å². The van der Waals surface area contributed by atoms with Crippen molar-refractivity contribution in [2.24, 2.45) is 5.92 Å². The van der Waals surface area contributed by atoms with Crippen LogP contribution in [0.3, 0.4) is 0 Å². The molecule has 24 heavy (non-hydrogen) atoms. The van der Waals surface area contributed by atoms with Gasteiger partial charge in [0.25, 0.3) is 0 Å². The molecule has 1 N–H and O–H groups in total. The Labute approximate surface area is 140 Å². The van der Waals surface area contributed by atoms with Crippen molar-refractivity contribution in [3.05, 3.63) is 36.3 Å². The van der Waals surface area contributed by atoms with Gasteiger partial charge in [0.15, 0.2) is 0 Å². The molecule has 0 spiro atoms. The van der Waals surface area contributed by atoms with E-state index in [9.17, 15) is 9.18 Å². The summed E-state index contributed by atoms with van der Waals surface area (Å²) in [4.78, 5) is 21.0. The van der Waals surface area contributed by atoms with Crippen LogP contribution < -0.4 is 10.2 Å². The van der Waals surface area contributed by atoms with Crippen molar-refractivity contribution < 1.29 is 9.18 Å². The molecular formula is C18H21FN4O. The molecule has 2 aliphatic rings. The van der Waals surface area contributed by atoms with Crippen LogP contribution >= 0.6 is 0 Å². The fourth-order valence-electron chi connectivity index (χ4n) is 3.67. The maximum Gasteiger partial charge on any atom is 0.227 e. The number of hydrogen-bond acceptors (Lipinski definition) is 4. The van der Waals surface area contributed by atoms with Crippen LogP contribution in [0.4, 0.5) is 10.1 Å². The molecule has 2 aliphatic heterocycles. The van der Waals surface area contributed by atoms with Gasteiger partial charge >= 0.3 is 0 Å². The molecule has 2 aromatic rings. The quantitative estimate of drug-likeness (QED) is 0.910. The van der Waals surface area contributed by atoms with E-state index in [0.29, 0.717) is 5.52 Å². The van der Waals surface area contributed by atoms with Crippen molar-refractivity contribution >= 4 is 22.5 Å². The average Bonchev–Trinajstić information content (AvgIpc) is 3.15. The lowest BCUT2D eigenvalue weighted by Crippen LogP contribution is -2.50. The van der Waals surface area contributed by atoms with E-state index in [2.05, 4.69) is 15.2 Å². The molecule has 126 valence electrons. The monoisotopic (exact) mass is 328 g/mol. The van der Waals surface area contributed by atoms with E-state index in [1.54, 1.807) is 12.3 Å². The summed E-state index contributed by atoms with van der Waals surface area (Å²) in [7, 11) is 0. The predicted octanol–water partition coefficient (Wildman–Crippen LogP) is 1.63. The third kappa shape index (κ3) is 2.82. The summed E-state index contributed by atoms with van der Waals surface area (Å²) < 4.78 is 13.4. The van der Waals surface area contributed by atoms with E-state index < -0.39 is 0 Å². The normalized spacial score (nSPS) is 21.5. The number of carbonyl (C=O) groups is 1. The highest BCUT2D eigenvalue weighted by Crippen LogP contribution is 2.27. The summed E-state index contributed by atoms with van der Waals surface area (Å²) in [6.45, 7) is 4.81. The SMILES string of the molecule is O=C([C@@H]1CCNC1)N1CCN(c2ccnc3cc(F)ccc23)CC1. The molecule has 3 heterocycles. The van der Waals surface area contributed by atoms with Gasteiger partial charge in [-0.15, -0.1) is 0 Å². The van der Waals surface area contributed by atoms with E-state index in [-0.39, 0.29) is 17.6 Å². The molecule has 1 amide bonds. The summed E-state index contributed by atoms with van der Waals surface area (Å²) in [6.07, 6.45) is 2.67. The predicted molar refractivity (Wildman–Crippen MR) is 91.5 cm³/mol. The van der Waals surface area contributed by atoms with Gasteiger partial charge in [-0.25, -0.2) is 4.39 Å². The van der Waals surface area contributed by atoms with Crippen LogP contribution in [0.15, 0.2) is 30.5 Å². The van der Waals surface area contributed by atoms with Crippen LogP contribution in [0.5, 0.6) is 0 Å². The van der Waals surface area contributed by atoms with Crippen molar-refractivity contribution in [1.82, 2.24) is 15.2 Å². The number of piperazine rings is 1. The number of pyridine rings is 1. The molecular weight excluding hydrogens is 307 g/mol. The maximum absolute atomic E-state index is 13.4. The molecule has 1 aromatic heterocycles. The number of carbonyl (C=O) groups excluding carboxylic acids is 1. The molecule has 4 rings (SSSR count). The maximum atomic E-state index is 13.4. The first kappa shape index (κ1) is 15.3. The first-order valence-electron chi connectivity index (χ1n) is 8.51. The van der Waals surface area contributed by atoms with Crippen molar-refractivity contribution in [1.29, 1.82) is 0 Å². The summed E-state index contributed by atoms with van der Waals surface area (Å²) in [5, 5.41) is 4.21. The highest BCUT2D eigenvalue weighted by atomic mass is 19.1. The summed E-state index contributed by atoms with van der Waals surface area (Å²) in [5.41, 5.74) is 1.73. The zero-order valence-corrected chi connectivity index (χ0v) is 13.5.